The number of hydrogen-bond acceptors (Lipinski definition) is 3. The van der Waals surface area contributed by atoms with E-state index >= 15 is 0 Å². The van der Waals surface area contributed by atoms with Crippen molar-refractivity contribution in [1.29, 1.82) is 0 Å². The summed E-state index contributed by atoms with van der Waals surface area (Å²) in [5, 5.41) is 2.98. The van der Waals surface area contributed by atoms with Gasteiger partial charge in [-0.15, -0.1) is 0 Å². The smallest absolute Gasteiger partial charge is 0.239 e. The second kappa shape index (κ2) is 8.83. The Kier molecular flexibility index (Phi) is 6.48. The molecule has 0 fully saturated rings. The summed E-state index contributed by atoms with van der Waals surface area (Å²) in [6.07, 6.45) is 0.813. The average molecular weight is 312 g/mol. The zero-order valence-electron chi connectivity index (χ0n) is 13.8. The Morgan fingerprint density at radius 1 is 1.09 bits per heavy atom. The van der Waals surface area contributed by atoms with Gasteiger partial charge in [0.1, 0.15) is 5.75 Å². The minimum atomic E-state index is 0.0456. The van der Waals surface area contributed by atoms with Crippen molar-refractivity contribution in [3.05, 3.63) is 60.2 Å². The predicted molar refractivity (Wildman–Crippen MR) is 94.0 cm³/mol. The van der Waals surface area contributed by atoms with Gasteiger partial charge in [0.25, 0.3) is 0 Å². The SMILES string of the molecule is CCN(CC(=O)NCCc1ccc(OC)cc1)c1ccccc1. The molecule has 0 atom stereocenters. The lowest BCUT2D eigenvalue weighted by Gasteiger charge is -2.22. The molecular weight excluding hydrogens is 288 g/mol. The van der Waals surface area contributed by atoms with E-state index in [4.69, 9.17) is 4.74 Å². The number of nitrogens with one attached hydrogen (secondary N) is 1. The number of carbonyl (C=O) groups excluding carboxylic acids is 1. The monoisotopic (exact) mass is 312 g/mol. The molecule has 4 heteroatoms. The fourth-order valence-corrected chi connectivity index (χ4v) is 2.39. The van der Waals surface area contributed by atoms with Gasteiger partial charge in [-0.25, -0.2) is 0 Å². The van der Waals surface area contributed by atoms with Gasteiger partial charge in [0.15, 0.2) is 0 Å². The van der Waals surface area contributed by atoms with E-state index in [1.54, 1.807) is 7.11 Å². The van der Waals surface area contributed by atoms with Crippen LogP contribution in [-0.2, 0) is 11.2 Å². The lowest BCUT2D eigenvalue weighted by Crippen LogP contribution is -2.38. The van der Waals surface area contributed by atoms with Gasteiger partial charge in [-0.05, 0) is 43.2 Å². The number of rotatable bonds is 8. The number of anilines is 1. The van der Waals surface area contributed by atoms with E-state index in [-0.39, 0.29) is 5.91 Å². The number of hydrogen-bond donors (Lipinski definition) is 1. The first-order valence-electron chi connectivity index (χ1n) is 7.92. The number of amides is 1. The fraction of sp³-hybridized carbons (Fsp3) is 0.316. The van der Waals surface area contributed by atoms with Gasteiger partial charge in [-0.2, -0.15) is 0 Å². The Hall–Kier alpha value is -2.49. The molecule has 0 bridgehead atoms. The molecule has 4 nitrogen and oxygen atoms in total. The second-order valence-electron chi connectivity index (χ2n) is 5.30. The molecular formula is C19H24N2O2. The van der Waals surface area contributed by atoms with Crippen LogP contribution in [0.25, 0.3) is 0 Å². The molecule has 1 N–H and O–H groups in total. The maximum atomic E-state index is 12.1. The number of benzene rings is 2. The summed E-state index contributed by atoms with van der Waals surface area (Å²) in [5.41, 5.74) is 2.25. The molecule has 2 rings (SSSR count). The summed E-state index contributed by atoms with van der Waals surface area (Å²) in [7, 11) is 1.65. The fourth-order valence-electron chi connectivity index (χ4n) is 2.39. The summed E-state index contributed by atoms with van der Waals surface area (Å²) in [4.78, 5) is 14.2. The van der Waals surface area contributed by atoms with Crippen LogP contribution in [0.3, 0.4) is 0 Å². The molecule has 1 amide bonds. The van der Waals surface area contributed by atoms with Gasteiger partial charge in [-0.1, -0.05) is 30.3 Å². The van der Waals surface area contributed by atoms with Gasteiger partial charge in [0, 0.05) is 18.8 Å². The number of likely N-dealkylation sites (N-methyl/N-ethyl adjacent to an activating group) is 1. The van der Waals surface area contributed by atoms with Crippen LogP contribution in [0, 0.1) is 0 Å². The van der Waals surface area contributed by atoms with E-state index in [1.165, 1.54) is 5.56 Å². The number of nitrogens with zero attached hydrogens (tertiary/aromatic N) is 1. The highest BCUT2D eigenvalue weighted by Gasteiger charge is 2.09. The third-order valence-electron chi connectivity index (χ3n) is 3.73. The van der Waals surface area contributed by atoms with Gasteiger partial charge in [0.05, 0.1) is 13.7 Å². The maximum Gasteiger partial charge on any atom is 0.239 e. The Bertz CT molecular complexity index is 597. The highest BCUT2D eigenvalue weighted by molar-refractivity contribution is 5.81. The van der Waals surface area contributed by atoms with Crippen LogP contribution in [0.15, 0.2) is 54.6 Å². The molecule has 0 spiro atoms. The van der Waals surface area contributed by atoms with Crippen molar-refractivity contribution in [3.63, 3.8) is 0 Å². The Balaban J connectivity index is 1.77. The molecule has 0 aromatic heterocycles. The van der Waals surface area contributed by atoms with Crippen LogP contribution < -0.4 is 15.0 Å². The number of carbonyl (C=O) groups is 1. The van der Waals surface area contributed by atoms with Gasteiger partial charge in [-0.3, -0.25) is 4.79 Å². The maximum absolute atomic E-state index is 12.1. The third-order valence-corrected chi connectivity index (χ3v) is 3.73. The van der Waals surface area contributed by atoms with Crippen molar-refractivity contribution >= 4 is 11.6 Å². The lowest BCUT2D eigenvalue weighted by molar-refractivity contribution is -0.119. The highest BCUT2D eigenvalue weighted by atomic mass is 16.5. The summed E-state index contributed by atoms with van der Waals surface area (Å²) in [6.45, 7) is 3.87. The molecule has 0 aliphatic carbocycles. The summed E-state index contributed by atoms with van der Waals surface area (Å²) in [5.74, 6) is 0.892. The van der Waals surface area contributed by atoms with Gasteiger partial charge in [0.2, 0.25) is 5.91 Å². The Labute approximate surface area is 138 Å². The Morgan fingerprint density at radius 2 is 1.78 bits per heavy atom. The van der Waals surface area contributed by atoms with E-state index in [0.29, 0.717) is 13.1 Å². The number of ether oxygens (including phenoxy) is 1. The molecule has 0 saturated heterocycles. The largest absolute Gasteiger partial charge is 0.497 e. The normalized spacial score (nSPS) is 10.2. The van der Waals surface area contributed by atoms with Crippen LogP contribution in [0.2, 0.25) is 0 Å². The zero-order valence-corrected chi connectivity index (χ0v) is 13.8. The summed E-state index contributed by atoms with van der Waals surface area (Å²) < 4.78 is 5.13. The topological polar surface area (TPSA) is 41.6 Å². The first-order chi connectivity index (χ1) is 11.2. The molecule has 0 saturated carbocycles. The summed E-state index contributed by atoms with van der Waals surface area (Å²) in [6, 6.07) is 17.9. The van der Waals surface area contributed by atoms with Crippen molar-refractivity contribution in [1.82, 2.24) is 5.32 Å². The molecule has 122 valence electrons. The first kappa shape index (κ1) is 16.9. The van der Waals surface area contributed by atoms with Crippen LogP contribution >= 0.6 is 0 Å². The van der Waals surface area contributed by atoms with Crippen LogP contribution in [0.1, 0.15) is 12.5 Å². The third kappa shape index (κ3) is 5.33. The average Bonchev–Trinajstić information content (AvgIpc) is 2.61. The van der Waals surface area contributed by atoms with E-state index < -0.39 is 0 Å². The van der Waals surface area contributed by atoms with Crippen molar-refractivity contribution in [2.24, 2.45) is 0 Å². The predicted octanol–water partition coefficient (Wildman–Crippen LogP) is 2.88. The second-order valence-corrected chi connectivity index (χ2v) is 5.30. The lowest BCUT2D eigenvalue weighted by atomic mass is 10.1. The van der Waals surface area contributed by atoms with Crippen LogP contribution in [0.5, 0.6) is 5.75 Å². The molecule has 0 aliphatic rings. The van der Waals surface area contributed by atoms with Crippen LogP contribution in [-0.4, -0.2) is 32.7 Å². The molecule has 0 radical (unpaired) electrons. The number of para-hydroxylation sites is 1. The molecule has 23 heavy (non-hydrogen) atoms. The van der Waals surface area contributed by atoms with Crippen LogP contribution in [0.4, 0.5) is 5.69 Å². The van der Waals surface area contributed by atoms with Gasteiger partial charge >= 0.3 is 0 Å². The van der Waals surface area contributed by atoms with Gasteiger partial charge < -0.3 is 15.0 Å². The molecule has 0 aliphatic heterocycles. The zero-order chi connectivity index (χ0) is 16.5. The van der Waals surface area contributed by atoms with E-state index in [2.05, 4.69) is 17.1 Å². The molecule has 2 aromatic carbocycles. The minimum Gasteiger partial charge on any atom is -0.497 e. The highest BCUT2D eigenvalue weighted by Crippen LogP contribution is 2.12. The van der Waals surface area contributed by atoms with Crippen molar-refractivity contribution in [3.8, 4) is 5.75 Å². The van der Waals surface area contributed by atoms with E-state index in [0.717, 1.165) is 24.4 Å². The van der Waals surface area contributed by atoms with Crippen molar-refractivity contribution < 1.29 is 9.53 Å². The molecule has 0 heterocycles. The quantitative estimate of drug-likeness (QED) is 0.815. The standard InChI is InChI=1S/C19H24N2O2/c1-3-21(17-7-5-4-6-8-17)15-19(22)20-14-13-16-9-11-18(23-2)12-10-16/h4-12H,3,13-15H2,1-2H3,(H,20,22). The minimum absolute atomic E-state index is 0.0456. The summed E-state index contributed by atoms with van der Waals surface area (Å²) >= 11 is 0. The van der Waals surface area contributed by atoms with E-state index in [9.17, 15) is 4.79 Å². The van der Waals surface area contributed by atoms with E-state index in [1.807, 2.05) is 54.6 Å². The van der Waals surface area contributed by atoms with Crippen molar-refractivity contribution in [2.75, 3.05) is 31.6 Å². The molecule has 0 unspecified atom stereocenters. The first-order valence-corrected chi connectivity index (χ1v) is 7.92. The number of methoxy groups -OCH3 is 1. The van der Waals surface area contributed by atoms with Crippen molar-refractivity contribution in [2.45, 2.75) is 13.3 Å². The Morgan fingerprint density at radius 3 is 2.39 bits per heavy atom. The molecule has 2 aromatic rings.